The van der Waals surface area contributed by atoms with Crippen molar-refractivity contribution in [2.45, 2.75) is 33.4 Å². The predicted octanol–water partition coefficient (Wildman–Crippen LogP) is 3.60. The first-order valence-electron chi connectivity index (χ1n) is 12.3. The average Bonchev–Trinajstić information content (AvgIpc) is 3.16. The third-order valence-electron chi connectivity index (χ3n) is 6.75. The zero-order valence-electron chi connectivity index (χ0n) is 21.6. The summed E-state index contributed by atoms with van der Waals surface area (Å²) in [7, 11) is 3.69. The quantitative estimate of drug-likeness (QED) is 0.392. The number of piperazine rings is 1. The maximum Gasteiger partial charge on any atom is 0.270 e. The second-order valence-corrected chi connectivity index (χ2v) is 10.9. The summed E-state index contributed by atoms with van der Waals surface area (Å²) < 4.78 is 7.41. The van der Waals surface area contributed by atoms with E-state index in [9.17, 15) is 14.9 Å². The number of hydrogen-bond donors (Lipinski definition) is 0. The highest BCUT2D eigenvalue weighted by atomic mass is 32.2. The van der Waals surface area contributed by atoms with Crippen LogP contribution in [0.1, 0.15) is 35.6 Å². The summed E-state index contributed by atoms with van der Waals surface area (Å²) >= 11 is 6.83. The number of rotatable bonds is 7. The molecule has 3 heterocycles. The molecule has 2 saturated heterocycles. The van der Waals surface area contributed by atoms with E-state index in [1.807, 2.05) is 37.3 Å². The zero-order valence-corrected chi connectivity index (χ0v) is 23.2. The minimum absolute atomic E-state index is 0.117. The number of anilines is 1. The maximum atomic E-state index is 13.5. The fraction of sp³-hybridized carbons (Fsp3) is 0.407. The summed E-state index contributed by atoms with van der Waals surface area (Å²) in [6, 6.07) is 9.65. The molecule has 37 heavy (non-hydrogen) atoms. The van der Waals surface area contributed by atoms with Crippen molar-refractivity contribution in [1.29, 1.82) is 5.26 Å². The molecule has 1 aromatic carbocycles. The van der Waals surface area contributed by atoms with Gasteiger partial charge < -0.3 is 14.5 Å². The van der Waals surface area contributed by atoms with Gasteiger partial charge in [0.15, 0.2) is 0 Å². The first kappa shape index (κ1) is 26.9. The van der Waals surface area contributed by atoms with Crippen LogP contribution in [0.25, 0.3) is 6.08 Å². The Morgan fingerprint density at radius 1 is 1.16 bits per heavy atom. The molecule has 0 N–H and O–H groups in total. The molecule has 8 nitrogen and oxygen atoms in total. The van der Waals surface area contributed by atoms with Gasteiger partial charge in [0, 0.05) is 38.3 Å². The lowest BCUT2D eigenvalue weighted by atomic mass is 10.0. The largest absolute Gasteiger partial charge is 0.497 e. The molecule has 0 spiro atoms. The lowest BCUT2D eigenvalue weighted by Crippen LogP contribution is -2.47. The van der Waals surface area contributed by atoms with E-state index in [2.05, 4.69) is 22.9 Å². The minimum Gasteiger partial charge on any atom is -0.497 e. The van der Waals surface area contributed by atoms with Crippen molar-refractivity contribution in [3.05, 3.63) is 61.8 Å². The van der Waals surface area contributed by atoms with Gasteiger partial charge in [-0.05, 0) is 49.7 Å². The number of likely N-dealkylation sites (N-methyl/N-ethyl adjacent to an activating group) is 1. The van der Waals surface area contributed by atoms with Crippen LogP contribution in [0.4, 0.5) is 5.82 Å². The number of carbonyl (C=O) groups excluding carboxylic acids is 1. The summed E-state index contributed by atoms with van der Waals surface area (Å²) in [5, 5.41) is 9.84. The molecule has 10 heteroatoms. The Kier molecular flexibility index (Phi) is 8.37. The van der Waals surface area contributed by atoms with Crippen LogP contribution in [0.2, 0.25) is 0 Å². The third kappa shape index (κ3) is 5.44. The zero-order chi connectivity index (χ0) is 26.7. The van der Waals surface area contributed by atoms with Gasteiger partial charge in [0.25, 0.3) is 11.5 Å². The van der Waals surface area contributed by atoms with Gasteiger partial charge in [0.05, 0.1) is 18.6 Å². The van der Waals surface area contributed by atoms with Gasteiger partial charge in [0.1, 0.15) is 27.5 Å². The molecular weight excluding hydrogens is 506 g/mol. The highest BCUT2D eigenvalue weighted by Gasteiger charge is 2.33. The number of ether oxygens (including phenoxy) is 1. The lowest BCUT2D eigenvalue weighted by molar-refractivity contribution is -0.122. The van der Waals surface area contributed by atoms with Gasteiger partial charge in [-0.1, -0.05) is 43.0 Å². The second kappa shape index (κ2) is 11.5. The molecular formula is C27H31N5O3S2. The molecule has 4 rings (SSSR count). The molecule has 2 aromatic rings. The van der Waals surface area contributed by atoms with Crippen LogP contribution >= 0.6 is 24.0 Å². The number of pyridine rings is 1. The van der Waals surface area contributed by atoms with Crippen molar-refractivity contribution in [2.24, 2.45) is 0 Å². The monoisotopic (exact) mass is 537 g/mol. The van der Waals surface area contributed by atoms with E-state index in [4.69, 9.17) is 17.0 Å². The Morgan fingerprint density at radius 3 is 2.43 bits per heavy atom. The number of nitriles is 1. The van der Waals surface area contributed by atoms with E-state index in [0.717, 1.165) is 55.3 Å². The average molecular weight is 538 g/mol. The van der Waals surface area contributed by atoms with E-state index < -0.39 is 0 Å². The second-order valence-electron chi connectivity index (χ2n) is 9.21. The maximum absolute atomic E-state index is 13.5. The molecule has 194 valence electrons. The number of carbonyl (C=O) groups is 1. The van der Waals surface area contributed by atoms with Crippen LogP contribution in [0.15, 0.2) is 34.0 Å². The van der Waals surface area contributed by atoms with Crippen molar-refractivity contribution >= 4 is 46.1 Å². The van der Waals surface area contributed by atoms with Crippen molar-refractivity contribution in [3.63, 3.8) is 0 Å². The van der Waals surface area contributed by atoms with E-state index in [0.29, 0.717) is 27.9 Å². The van der Waals surface area contributed by atoms with Crippen molar-refractivity contribution in [2.75, 3.05) is 45.2 Å². The molecule has 0 saturated carbocycles. The fourth-order valence-corrected chi connectivity index (χ4v) is 5.85. The molecule has 0 bridgehead atoms. The van der Waals surface area contributed by atoms with Gasteiger partial charge >= 0.3 is 0 Å². The summed E-state index contributed by atoms with van der Waals surface area (Å²) in [5.74, 6) is 1.34. The van der Waals surface area contributed by atoms with Gasteiger partial charge in [-0.2, -0.15) is 5.26 Å². The van der Waals surface area contributed by atoms with Crippen molar-refractivity contribution in [1.82, 2.24) is 14.4 Å². The van der Waals surface area contributed by atoms with E-state index in [1.54, 1.807) is 23.5 Å². The smallest absolute Gasteiger partial charge is 0.270 e. The Hall–Kier alpha value is -3.13. The van der Waals surface area contributed by atoms with E-state index >= 15 is 0 Å². The summed E-state index contributed by atoms with van der Waals surface area (Å²) in [4.78, 5) is 33.3. The summed E-state index contributed by atoms with van der Waals surface area (Å²) in [5.41, 5.74) is 2.11. The van der Waals surface area contributed by atoms with Gasteiger partial charge in [0.2, 0.25) is 0 Å². The highest BCUT2D eigenvalue weighted by molar-refractivity contribution is 8.26. The number of thioether (sulfide) groups is 1. The molecule has 1 aromatic heterocycles. The van der Waals surface area contributed by atoms with Crippen molar-refractivity contribution in [3.8, 4) is 11.8 Å². The Labute approximate surface area is 227 Å². The molecule has 2 aliphatic heterocycles. The van der Waals surface area contributed by atoms with Gasteiger partial charge in [-0.3, -0.25) is 19.1 Å². The van der Waals surface area contributed by atoms with Gasteiger partial charge in [-0.15, -0.1) is 0 Å². The van der Waals surface area contributed by atoms with Crippen LogP contribution < -0.4 is 15.2 Å². The van der Waals surface area contributed by atoms with Crippen LogP contribution in [0.5, 0.6) is 5.75 Å². The minimum atomic E-state index is -0.278. The number of nitrogens with zero attached hydrogens (tertiary/aromatic N) is 5. The molecule has 0 atom stereocenters. The van der Waals surface area contributed by atoms with Crippen LogP contribution in [0, 0.1) is 18.3 Å². The molecule has 2 aliphatic rings. The topological polar surface area (TPSA) is 81.8 Å². The number of amides is 1. The standard InChI is InChI=1S/C27H31N5O3S2/c1-5-10-31-24(30-13-11-29(3)12-14-30)21(18(2)22(16-28)25(31)33)15-23-26(34)32(27(36)37-23)17-19-6-8-20(35-4)9-7-19/h6-9,15H,5,10-14,17H2,1-4H3/b23-15-. The number of hydrogen-bond acceptors (Lipinski definition) is 8. The number of aromatic nitrogens is 1. The summed E-state index contributed by atoms with van der Waals surface area (Å²) in [6.07, 6.45) is 2.57. The number of methoxy groups -OCH3 is 1. The highest BCUT2D eigenvalue weighted by Crippen LogP contribution is 2.37. The first-order valence-corrected chi connectivity index (χ1v) is 13.5. The summed E-state index contributed by atoms with van der Waals surface area (Å²) in [6.45, 7) is 7.89. The lowest BCUT2D eigenvalue weighted by Gasteiger charge is -2.36. The van der Waals surface area contributed by atoms with Gasteiger partial charge in [-0.25, -0.2) is 0 Å². The Morgan fingerprint density at radius 2 is 1.84 bits per heavy atom. The third-order valence-corrected chi connectivity index (χ3v) is 8.12. The van der Waals surface area contributed by atoms with Crippen LogP contribution in [-0.4, -0.2) is 64.9 Å². The van der Waals surface area contributed by atoms with E-state index in [1.165, 1.54) is 11.8 Å². The fourth-order valence-electron chi connectivity index (χ4n) is 4.62. The molecule has 2 fully saturated rings. The SMILES string of the molecule is CCCn1c(N2CCN(C)CC2)c(/C=C2\SC(=S)N(Cc3ccc(OC)cc3)C2=O)c(C)c(C#N)c1=O. The Bertz CT molecular complexity index is 1340. The molecule has 1 amide bonds. The number of benzene rings is 1. The van der Waals surface area contributed by atoms with Crippen molar-refractivity contribution < 1.29 is 9.53 Å². The molecule has 0 unspecified atom stereocenters. The molecule has 0 aliphatic carbocycles. The Balaban J connectivity index is 1.77. The normalized spacial score (nSPS) is 17.5. The van der Waals surface area contributed by atoms with Crippen LogP contribution in [0.3, 0.4) is 0 Å². The molecule has 0 radical (unpaired) electrons. The van der Waals surface area contributed by atoms with Crippen LogP contribution in [-0.2, 0) is 17.9 Å². The predicted molar refractivity (Wildman–Crippen MR) is 152 cm³/mol. The van der Waals surface area contributed by atoms with E-state index in [-0.39, 0.29) is 17.0 Å². The number of thiocarbonyl (C=S) groups is 1. The first-order chi connectivity index (χ1) is 17.8.